The van der Waals surface area contributed by atoms with Crippen molar-refractivity contribution in [2.45, 2.75) is 19.3 Å². The van der Waals surface area contributed by atoms with Gasteiger partial charge in [0.25, 0.3) is 0 Å². The van der Waals surface area contributed by atoms with Gasteiger partial charge in [0.15, 0.2) is 0 Å². The standard InChI is InChI=1S/C4H8O4/c1-2-3(5)4(6,7)8/h6-8H,2H2,1H3. The van der Waals surface area contributed by atoms with Crippen molar-refractivity contribution in [1.29, 1.82) is 0 Å². The lowest BCUT2D eigenvalue weighted by atomic mass is 10.3. The lowest BCUT2D eigenvalue weighted by Gasteiger charge is -2.09. The highest BCUT2D eigenvalue weighted by atomic mass is 16.7. The zero-order chi connectivity index (χ0) is 6.78. The number of ketones is 1. The van der Waals surface area contributed by atoms with Crippen molar-refractivity contribution in [3.63, 3.8) is 0 Å². The summed E-state index contributed by atoms with van der Waals surface area (Å²) in [6.07, 6.45) is -0.0938. The monoisotopic (exact) mass is 120 g/mol. The van der Waals surface area contributed by atoms with Crippen molar-refractivity contribution in [3.05, 3.63) is 0 Å². The molecule has 0 radical (unpaired) electrons. The summed E-state index contributed by atoms with van der Waals surface area (Å²) in [5, 5.41) is 24.1. The first-order valence-electron chi connectivity index (χ1n) is 2.19. The molecule has 4 nitrogen and oxygen atoms in total. The van der Waals surface area contributed by atoms with Crippen LogP contribution in [-0.4, -0.2) is 27.1 Å². The average molecular weight is 120 g/mol. The molecule has 0 aliphatic heterocycles. The summed E-state index contributed by atoms with van der Waals surface area (Å²) in [5.74, 6) is -4.13. The Bertz CT molecular complexity index is 90.7. The van der Waals surface area contributed by atoms with Gasteiger partial charge in [0.05, 0.1) is 0 Å². The van der Waals surface area contributed by atoms with Gasteiger partial charge in [0.2, 0.25) is 5.78 Å². The van der Waals surface area contributed by atoms with Crippen LogP contribution in [-0.2, 0) is 4.79 Å². The van der Waals surface area contributed by atoms with Gasteiger partial charge in [-0.25, -0.2) is 0 Å². The second-order valence-electron chi connectivity index (χ2n) is 1.41. The fourth-order valence-electron chi connectivity index (χ4n) is 0.237. The zero-order valence-electron chi connectivity index (χ0n) is 4.46. The van der Waals surface area contributed by atoms with E-state index in [4.69, 9.17) is 15.3 Å². The maximum absolute atomic E-state index is 10.1. The molecule has 0 fully saturated rings. The molecule has 0 atom stereocenters. The summed E-state index contributed by atoms with van der Waals surface area (Å²) in [5.41, 5.74) is 0. The van der Waals surface area contributed by atoms with Crippen LogP contribution in [0, 0.1) is 0 Å². The number of carbonyl (C=O) groups excluding carboxylic acids is 1. The number of rotatable bonds is 2. The first-order valence-corrected chi connectivity index (χ1v) is 2.19. The quantitative estimate of drug-likeness (QED) is 0.391. The Morgan fingerprint density at radius 1 is 1.50 bits per heavy atom. The van der Waals surface area contributed by atoms with Crippen LogP contribution < -0.4 is 0 Å². The van der Waals surface area contributed by atoms with E-state index in [0.717, 1.165) is 0 Å². The summed E-state index contributed by atoms with van der Waals surface area (Å²) < 4.78 is 0. The van der Waals surface area contributed by atoms with E-state index in [1.165, 1.54) is 6.92 Å². The number of Topliss-reactive ketones (excluding diaryl/α,β-unsaturated/α-hetero) is 1. The molecule has 8 heavy (non-hydrogen) atoms. The third-order valence-corrected chi connectivity index (χ3v) is 0.695. The maximum Gasteiger partial charge on any atom is 0.339 e. The van der Waals surface area contributed by atoms with E-state index < -0.39 is 11.8 Å². The molecule has 3 N–H and O–H groups in total. The molecule has 0 aromatic rings. The highest BCUT2D eigenvalue weighted by Gasteiger charge is 2.27. The minimum atomic E-state index is -3.13. The number of hydrogen-bond donors (Lipinski definition) is 3. The lowest BCUT2D eigenvalue weighted by molar-refractivity contribution is -0.286. The van der Waals surface area contributed by atoms with Crippen LogP contribution in [0.1, 0.15) is 13.3 Å². The Labute approximate surface area is 46.4 Å². The molecule has 4 heteroatoms. The molecule has 0 aliphatic rings. The first kappa shape index (κ1) is 7.55. The topological polar surface area (TPSA) is 77.8 Å². The van der Waals surface area contributed by atoms with E-state index in [9.17, 15) is 4.79 Å². The van der Waals surface area contributed by atoms with Crippen molar-refractivity contribution < 1.29 is 20.1 Å². The molecule has 0 aromatic carbocycles. The fourth-order valence-corrected chi connectivity index (χ4v) is 0.237. The third kappa shape index (κ3) is 2.02. The molecular formula is C4H8O4. The maximum atomic E-state index is 10.1. The van der Waals surface area contributed by atoms with Crippen LogP contribution in [0.3, 0.4) is 0 Å². The normalized spacial score (nSPS) is 11.5. The van der Waals surface area contributed by atoms with Gasteiger partial charge in [-0.2, -0.15) is 0 Å². The van der Waals surface area contributed by atoms with Gasteiger partial charge in [-0.05, 0) is 0 Å². The molecule has 0 rings (SSSR count). The van der Waals surface area contributed by atoms with E-state index in [1.54, 1.807) is 0 Å². The van der Waals surface area contributed by atoms with Gasteiger partial charge in [-0.15, -0.1) is 0 Å². The second kappa shape index (κ2) is 2.21. The molecular weight excluding hydrogens is 112 g/mol. The molecule has 0 unspecified atom stereocenters. The SMILES string of the molecule is CCC(=O)C(O)(O)O. The molecule has 0 amide bonds. The summed E-state index contributed by atoms with van der Waals surface area (Å²) in [4.78, 5) is 10.1. The minimum absolute atomic E-state index is 0.0938. The molecule has 0 aromatic heterocycles. The Balaban J connectivity index is 3.82. The van der Waals surface area contributed by atoms with E-state index in [1.807, 2.05) is 0 Å². The number of hydrogen-bond acceptors (Lipinski definition) is 4. The molecule has 0 saturated heterocycles. The van der Waals surface area contributed by atoms with Crippen molar-refractivity contribution >= 4 is 5.78 Å². The largest absolute Gasteiger partial charge is 0.339 e. The summed E-state index contributed by atoms with van der Waals surface area (Å²) in [7, 11) is 0. The van der Waals surface area contributed by atoms with Crippen LogP contribution >= 0.6 is 0 Å². The molecule has 48 valence electrons. The van der Waals surface area contributed by atoms with Gasteiger partial charge < -0.3 is 15.3 Å². The van der Waals surface area contributed by atoms with E-state index in [-0.39, 0.29) is 6.42 Å². The predicted octanol–water partition coefficient (Wildman–Crippen LogP) is -1.40. The van der Waals surface area contributed by atoms with Crippen LogP contribution in [0.25, 0.3) is 0 Å². The predicted molar refractivity (Wildman–Crippen MR) is 24.7 cm³/mol. The Morgan fingerprint density at radius 3 is 1.88 bits per heavy atom. The van der Waals surface area contributed by atoms with Crippen LogP contribution in [0.5, 0.6) is 0 Å². The summed E-state index contributed by atoms with van der Waals surface area (Å²) >= 11 is 0. The third-order valence-electron chi connectivity index (χ3n) is 0.695. The van der Waals surface area contributed by atoms with Crippen molar-refractivity contribution in [3.8, 4) is 0 Å². The second-order valence-corrected chi connectivity index (χ2v) is 1.41. The Hall–Kier alpha value is -0.450. The molecule has 0 heterocycles. The first-order chi connectivity index (χ1) is 3.48. The van der Waals surface area contributed by atoms with Crippen molar-refractivity contribution in [1.82, 2.24) is 0 Å². The highest BCUT2D eigenvalue weighted by Crippen LogP contribution is 1.96. The molecule has 0 bridgehead atoms. The van der Waals surface area contributed by atoms with Gasteiger partial charge in [0, 0.05) is 6.42 Å². The minimum Gasteiger partial charge on any atom is -0.337 e. The van der Waals surface area contributed by atoms with Gasteiger partial charge in [-0.3, -0.25) is 4.79 Å². The van der Waals surface area contributed by atoms with Gasteiger partial charge in [0.1, 0.15) is 0 Å². The van der Waals surface area contributed by atoms with Crippen LogP contribution in [0.2, 0.25) is 0 Å². The van der Waals surface area contributed by atoms with Crippen molar-refractivity contribution in [2.75, 3.05) is 0 Å². The molecule has 0 aliphatic carbocycles. The zero-order valence-corrected chi connectivity index (χ0v) is 4.46. The van der Waals surface area contributed by atoms with Crippen LogP contribution in [0.4, 0.5) is 0 Å². The van der Waals surface area contributed by atoms with E-state index >= 15 is 0 Å². The Kier molecular flexibility index (Phi) is 2.09. The lowest BCUT2D eigenvalue weighted by Crippen LogP contribution is -2.37. The molecule has 0 spiro atoms. The van der Waals surface area contributed by atoms with Crippen molar-refractivity contribution in [2.24, 2.45) is 0 Å². The average Bonchev–Trinajstić information content (AvgIpc) is 1.62. The summed E-state index contributed by atoms with van der Waals surface area (Å²) in [6, 6.07) is 0. The van der Waals surface area contributed by atoms with Gasteiger partial charge in [-0.1, -0.05) is 6.92 Å². The number of aliphatic hydroxyl groups is 3. The summed E-state index contributed by atoms with van der Waals surface area (Å²) in [6.45, 7) is 1.42. The fraction of sp³-hybridized carbons (Fsp3) is 0.750. The Morgan fingerprint density at radius 2 is 1.88 bits per heavy atom. The van der Waals surface area contributed by atoms with Crippen LogP contribution in [0.15, 0.2) is 0 Å². The molecule has 0 saturated carbocycles. The number of carbonyl (C=O) groups is 1. The highest BCUT2D eigenvalue weighted by molar-refractivity contribution is 5.83. The van der Waals surface area contributed by atoms with E-state index in [0.29, 0.717) is 0 Å². The van der Waals surface area contributed by atoms with Gasteiger partial charge >= 0.3 is 5.97 Å². The van der Waals surface area contributed by atoms with E-state index in [2.05, 4.69) is 0 Å². The smallest absolute Gasteiger partial charge is 0.337 e.